The van der Waals surface area contributed by atoms with E-state index in [1.807, 2.05) is 23.8 Å². The van der Waals surface area contributed by atoms with E-state index in [4.69, 9.17) is 5.11 Å². The van der Waals surface area contributed by atoms with Crippen LogP contribution in [0.25, 0.3) is 0 Å². The van der Waals surface area contributed by atoms with Crippen LogP contribution >= 0.6 is 11.3 Å². The molecule has 0 spiro atoms. The van der Waals surface area contributed by atoms with E-state index in [1.54, 1.807) is 18.3 Å². The number of carbonyl (C=O) groups is 1. The summed E-state index contributed by atoms with van der Waals surface area (Å²) in [4.78, 5) is 11.6. The van der Waals surface area contributed by atoms with Crippen LogP contribution in [0.1, 0.15) is 25.3 Å². The van der Waals surface area contributed by atoms with Gasteiger partial charge in [0.2, 0.25) is 5.91 Å². The lowest BCUT2D eigenvalue weighted by molar-refractivity contribution is -0.123. The summed E-state index contributed by atoms with van der Waals surface area (Å²) in [5, 5.41) is 15.4. The average Bonchev–Trinajstić information content (AvgIpc) is 2.69. The fourth-order valence-electron chi connectivity index (χ4n) is 1.09. The average molecular weight is 213 g/mol. The van der Waals surface area contributed by atoms with Gasteiger partial charge in [0.25, 0.3) is 0 Å². The Labute approximate surface area is 87.8 Å². The summed E-state index contributed by atoms with van der Waals surface area (Å²) in [6, 6.07) is 1.77. The lowest BCUT2D eigenvalue weighted by Gasteiger charge is -2.14. The largest absolute Gasteiger partial charge is 0.394 e. The third-order valence-electron chi connectivity index (χ3n) is 2.10. The molecule has 0 radical (unpaired) electrons. The number of hydrogen-bond acceptors (Lipinski definition) is 3. The number of aliphatic hydroxyl groups excluding tert-OH is 1. The van der Waals surface area contributed by atoms with Gasteiger partial charge in [0.1, 0.15) is 0 Å². The lowest BCUT2D eigenvalue weighted by atomic mass is 10.0. The molecule has 0 aliphatic carbocycles. The van der Waals surface area contributed by atoms with Crippen molar-refractivity contribution in [1.29, 1.82) is 0 Å². The Morgan fingerprint density at radius 1 is 1.64 bits per heavy atom. The Morgan fingerprint density at radius 2 is 2.36 bits per heavy atom. The molecule has 78 valence electrons. The van der Waals surface area contributed by atoms with Crippen molar-refractivity contribution in [1.82, 2.24) is 5.32 Å². The molecular weight excluding hydrogens is 198 g/mol. The maximum Gasteiger partial charge on any atom is 0.227 e. The summed E-state index contributed by atoms with van der Waals surface area (Å²) < 4.78 is 0. The zero-order chi connectivity index (χ0) is 10.6. The summed E-state index contributed by atoms with van der Waals surface area (Å²) >= 11 is 1.58. The van der Waals surface area contributed by atoms with E-state index in [9.17, 15) is 4.79 Å². The first kappa shape index (κ1) is 11.2. The van der Waals surface area contributed by atoms with Crippen LogP contribution in [-0.4, -0.2) is 23.7 Å². The normalized spacial score (nSPS) is 14.8. The zero-order valence-corrected chi connectivity index (χ0v) is 9.17. The molecule has 1 amide bonds. The van der Waals surface area contributed by atoms with Crippen molar-refractivity contribution < 1.29 is 9.90 Å². The Balaban J connectivity index is 2.53. The minimum absolute atomic E-state index is 0.0257. The van der Waals surface area contributed by atoms with Gasteiger partial charge < -0.3 is 10.4 Å². The number of rotatable bonds is 4. The second-order valence-corrected chi connectivity index (χ2v) is 4.15. The standard InChI is InChI=1S/C10H15NO2S/c1-7(5-12)11-10(13)8(2)9-3-4-14-6-9/h3-4,6-8,12H,5H2,1-2H3,(H,11,13)/t7-,8-/m0/s1. The van der Waals surface area contributed by atoms with Crippen molar-refractivity contribution in [3.05, 3.63) is 22.4 Å². The molecule has 3 nitrogen and oxygen atoms in total. The van der Waals surface area contributed by atoms with E-state index in [0.717, 1.165) is 5.56 Å². The first-order valence-electron chi connectivity index (χ1n) is 4.58. The van der Waals surface area contributed by atoms with Crippen LogP contribution in [0.4, 0.5) is 0 Å². The highest BCUT2D eigenvalue weighted by Gasteiger charge is 2.16. The van der Waals surface area contributed by atoms with Gasteiger partial charge in [-0.1, -0.05) is 0 Å². The number of thiophene rings is 1. The van der Waals surface area contributed by atoms with Crippen molar-refractivity contribution >= 4 is 17.2 Å². The SMILES string of the molecule is C[C@H](C(=O)N[C@@H](C)CO)c1ccsc1. The fourth-order valence-corrected chi connectivity index (χ4v) is 1.84. The second-order valence-electron chi connectivity index (χ2n) is 3.37. The molecule has 0 aliphatic heterocycles. The highest BCUT2D eigenvalue weighted by molar-refractivity contribution is 7.08. The van der Waals surface area contributed by atoms with Crippen molar-refractivity contribution in [2.45, 2.75) is 25.8 Å². The van der Waals surface area contributed by atoms with Crippen LogP contribution in [0.15, 0.2) is 16.8 Å². The van der Waals surface area contributed by atoms with E-state index < -0.39 is 0 Å². The van der Waals surface area contributed by atoms with Crippen LogP contribution < -0.4 is 5.32 Å². The highest BCUT2D eigenvalue weighted by atomic mass is 32.1. The van der Waals surface area contributed by atoms with Gasteiger partial charge in [0, 0.05) is 6.04 Å². The third-order valence-corrected chi connectivity index (χ3v) is 2.80. The summed E-state index contributed by atoms with van der Waals surface area (Å²) in [7, 11) is 0. The molecule has 0 unspecified atom stereocenters. The maximum absolute atomic E-state index is 11.6. The molecule has 1 heterocycles. The van der Waals surface area contributed by atoms with Gasteiger partial charge in [0.15, 0.2) is 0 Å². The quantitative estimate of drug-likeness (QED) is 0.793. The molecule has 0 fully saturated rings. The van der Waals surface area contributed by atoms with Crippen LogP contribution in [0.2, 0.25) is 0 Å². The number of hydrogen-bond donors (Lipinski definition) is 2. The number of carbonyl (C=O) groups excluding carboxylic acids is 1. The minimum atomic E-state index is -0.177. The molecule has 1 aromatic heterocycles. The third kappa shape index (κ3) is 2.82. The summed E-state index contributed by atoms with van der Waals surface area (Å²) in [5.74, 6) is -0.180. The van der Waals surface area contributed by atoms with Crippen molar-refractivity contribution in [2.75, 3.05) is 6.61 Å². The Kier molecular flexibility index (Phi) is 4.10. The van der Waals surface area contributed by atoms with Gasteiger partial charge in [-0.15, -0.1) is 0 Å². The smallest absolute Gasteiger partial charge is 0.227 e. The molecule has 4 heteroatoms. The Hall–Kier alpha value is -0.870. The number of nitrogens with one attached hydrogen (secondary N) is 1. The van der Waals surface area contributed by atoms with E-state index in [1.165, 1.54) is 0 Å². The van der Waals surface area contributed by atoms with Gasteiger partial charge in [-0.2, -0.15) is 11.3 Å². The van der Waals surface area contributed by atoms with Gasteiger partial charge in [-0.3, -0.25) is 4.79 Å². The molecule has 2 atom stereocenters. The zero-order valence-electron chi connectivity index (χ0n) is 8.36. The van der Waals surface area contributed by atoms with Crippen molar-refractivity contribution in [3.8, 4) is 0 Å². The van der Waals surface area contributed by atoms with Crippen LogP contribution in [0.5, 0.6) is 0 Å². The first-order chi connectivity index (χ1) is 6.65. The maximum atomic E-state index is 11.6. The lowest BCUT2D eigenvalue weighted by Crippen LogP contribution is -2.37. The molecule has 0 aromatic carbocycles. The van der Waals surface area contributed by atoms with Gasteiger partial charge in [0.05, 0.1) is 12.5 Å². The first-order valence-corrected chi connectivity index (χ1v) is 5.52. The van der Waals surface area contributed by atoms with Crippen molar-refractivity contribution in [3.63, 3.8) is 0 Å². The van der Waals surface area contributed by atoms with Gasteiger partial charge in [-0.05, 0) is 36.2 Å². The molecule has 14 heavy (non-hydrogen) atoms. The van der Waals surface area contributed by atoms with E-state index in [2.05, 4.69) is 5.32 Å². The predicted octanol–water partition coefficient (Wildman–Crippen LogP) is 1.35. The van der Waals surface area contributed by atoms with Gasteiger partial charge >= 0.3 is 0 Å². The summed E-state index contributed by atoms with van der Waals surface area (Å²) in [6.07, 6.45) is 0. The Bertz CT molecular complexity index is 284. The van der Waals surface area contributed by atoms with Gasteiger partial charge in [-0.25, -0.2) is 0 Å². The molecule has 1 rings (SSSR count). The molecule has 0 saturated carbocycles. The second kappa shape index (κ2) is 5.12. The fraction of sp³-hybridized carbons (Fsp3) is 0.500. The topological polar surface area (TPSA) is 49.3 Å². The molecule has 0 saturated heterocycles. The number of amides is 1. The van der Waals surface area contributed by atoms with Crippen LogP contribution in [0.3, 0.4) is 0 Å². The van der Waals surface area contributed by atoms with Crippen LogP contribution in [0, 0.1) is 0 Å². The Morgan fingerprint density at radius 3 is 2.86 bits per heavy atom. The molecule has 0 aliphatic rings. The summed E-state index contributed by atoms with van der Waals surface area (Å²) in [5.41, 5.74) is 1.03. The predicted molar refractivity (Wildman–Crippen MR) is 57.4 cm³/mol. The minimum Gasteiger partial charge on any atom is -0.394 e. The van der Waals surface area contributed by atoms with E-state index >= 15 is 0 Å². The molecule has 1 aromatic rings. The van der Waals surface area contributed by atoms with E-state index in [-0.39, 0.29) is 24.5 Å². The molecular formula is C10H15NO2S. The highest BCUT2D eigenvalue weighted by Crippen LogP contribution is 2.18. The summed E-state index contributed by atoms with van der Waals surface area (Å²) in [6.45, 7) is 3.61. The van der Waals surface area contributed by atoms with E-state index in [0.29, 0.717) is 0 Å². The van der Waals surface area contributed by atoms with Crippen molar-refractivity contribution in [2.24, 2.45) is 0 Å². The molecule has 0 bridgehead atoms. The monoisotopic (exact) mass is 213 g/mol. The number of aliphatic hydroxyl groups is 1. The molecule has 2 N–H and O–H groups in total. The van der Waals surface area contributed by atoms with Crippen LogP contribution in [-0.2, 0) is 4.79 Å².